The predicted molar refractivity (Wildman–Crippen MR) is 100 cm³/mol. The summed E-state index contributed by atoms with van der Waals surface area (Å²) >= 11 is 0. The Bertz CT molecular complexity index is 939. The van der Waals surface area contributed by atoms with Crippen LogP contribution in [0, 0.1) is 0 Å². The molecular weight excluding hydrogens is 370 g/mol. The number of sulfonamides is 1. The summed E-state index contributed by atoms with van der Waals surface area (Å²) in [7, 11) is -0.989. The Morgan fingerprint density at radius 2 is 1.67 bits per heavy atom. The summed E-state index contributed by atoms with van der Waals surface area (Å²) in [6, 6.07) is 10.0. The van der Waals surface area contributed by atoms with Crippen LogP contribution in [-0.4, -0.2) is 35.9 Å². The molecule has 0 spiro atoms. The van der Waals surface area contributed by atoms with Crippen LogP contribution >= 0.6 is 0 Å². The summed E-state index contributed by atoms with van der Waals surface area (Å²) in [5, 5.41) is 0. The van der Waals surface area contributed by atoms with Crippen LogP contribution < -0.4 is 23.7 Å². The van der Waals surface area contributed by atoms with E-state index in [1.54, 1.807) is 38.1 Å². The quantitative estimate of drug-likeness (QED) is 0.813. The van der Waals surface area contributed by atoms with Crippen LogP contribution in [0.1, 0.15) is 19.4 Å². The van der Waals surface area contributed by atoms with Crippen molar-refractivity contribution in [2.75, 3.05) is 27.4 Å². The summed E-state index contributed by atoms with van der Waals surface area (Å²) in [6.07, 6.45) is 0. The fraction of sp³-hybridized carbons (Fsp3) is 0.368. The van der Waals surface area contributed by atoms with Gasteiger partial charge in [-0.2, -0.15) is 0 Å². The van der Waals surface area contributed by atoms with Gasteiger partial charge in [-0.05, 0) is 43.7 Å². The third-order valence-corrected chi connectivity index (χ3v) is 5.99. The first-order chi connectivity index (χ1) is 12.8. The monoisotopic (exact) mass is 393 g/mol. The van der Waals surface area contributed by atoms with Crippen molar-refractivity contribution >= 4 is 10.0 Å². The lowest BCUT2D eigenvalue weighted by Crippen LogP contribution is -2.41. The zero-order valence-corrected chi connectivity index (χ0v) is 16.6. The normalized spacial score (nSPS) is 13.9. The maximum Gasteiger partial charge on any atom is 0.245 e. The van der Waals surface area contributed by atoms with E-state index in [9.17, 15) is 8.42 Å². The number of ether oxygens (including phenoxy) is 4. The molecule has 0 atom stereocenters. The number of nitrogens with one attached hydrogen (secondary N) is 1. The highest BCUT2D eigenvalue weighted by Gasteiger charge is 2.31. The van der Waals surface area contributed by atoms with E-state index >= 15 is 0 Å². The maximum atomic E-state index is 13.1. The SMILES string of the molecule is COc1ccc(OC)c(S(=O)(=O)NC(C)(C)c2ccc3c(c2)OCCO3)c1. The molecule has 0 saturated heterocycles. The molecule has 0 aromatic heterocycles. The second kappa shape index (κ2) is 7.28. The van der Waals surface area contributed by atoms with Crippen molar-refractivity contribution in [3.63, 3.8) is 0 Å². The number of benzene rings is 2. The summed E-state index contributed by atoms with van der Waals surface area (Å²) in [4.78, 5) is 0.00923. The van der Waals surface area contributed by atoms with Gasteiger partial charge in [-0.3, -0.25) is 0 Å². The molecule has 2 aromatic carbocycles. The van der Waals surface area contributed by atoms with E-state index in [0.717, 1.165) is 5.56 Å². The van der Waals surface area contributed by atoms with Gasteiger partial charge in [-0.15, -0.1) is 0 Å². The van der Waals surface area contributed by atoms with Crippen LogP contribution in [0.3, 0.4) is 0 Å². The van der Waals surface area contributed by atoms with Crippen molar-refractivity contribution in [3.8, 4) is 23.0 Å². The summed E-state index contributed by atoms with van der Waals surface area (Å²) in [6.45, 7) is 4.52. The second-order valence-corrected chi connectivity index (χ2v) is 8.26. The van der Waals surface area contributed by atoms with Crippen molar-refractivity contribution in [3.05, 3.63) is 42.0 Å². The molecule has 27 heavy (non-hydrogen) atoms. The highest BCUT2D eigenvalue weighted by Crippen LogP contribution is 2.36. The van der Waals surface area contributed by atoms with Gasteiger partial charge >= 0.3 is 0 Å². The highest BCUT2D eigenvalue weighted by molar-refractivity contribution is 7.89. The molecule has 7 nitrogen and oxygen atoms in total. The minimum atomic E-state index is -3.89. The number of hydrogen-bond acceptors (Lipinski definition) is 6. The number of fused-ring (bicyclic) bond motifs is 1. The second-order valence-electron chi connectivity index (χ2n) is 6.61. The highest BCUT2D eigenvalue weighted by atomic mass is 32.2. The van der Waals surface area contributed by atoms with Crippen LogP contribution in [0.15, 0.2) is 41.3 Å². The fourth-order valence-corrected chi connectivity index (χ4v) is 4.46. The van der Waals surface area contributed by atoms with Gasteiger partial charge in [0.1, 0.15) is 29.6 Å². The molecule has 2 aromatic rings. The first-order valence-electron chi connectivity index (χ1n) is 8.43. The molecule has 3 rings (SSSR count). The van der Waals surface area contributed by atoms with Gasteiger partial charge < -0.3 is 18.9 Å². The van der Waals surface area contributed by atoms with Crippen LogP contribution in [0.25, 0.3) is 0 Å². The first kappa shape index (κ1) is 19.3. The van der Waals surface area contributed by atoms with Crippen LogP contribution in [0.4, 0.5) is 0 Å². The standard InChI is InChI=1S/C19H23NO6S/c1-19(2,13-5-7-15-17(11-13)26-10-9-25-15)20-27(21,22)18-12-14(23-3)6-8-16(18)24-4/h5-8,11-12,20H,9-10H2,1-4H3. The minimum Gasteiger partial charge on any atom is -0.497 e. The van der Waals surface area contributed by atoms with E-state index in [0.29, 0.717) is 30.5 Å². The predicted octanol–water partition coefficient (Wildman–Crippen LogP) is 2.69. The smallest absolute Gasteiger partial charge is 0.245 e. The Labute approximate surface area is 159 Å². The minimum absolute atomic E-state index is 0.00923. The Kier molecular flexibility index (Phi) is 5.21. The van der Waals surface area contributed by atoms with E-state index in [1.165, 1.54) is 20.3 Å². The average molecular weight is 393 g/mol. The van der Waals surface area contributed by atoms with Crippen LogP contribution in [0.2, 0.25) is 0 Å². The maximum absolute atomic E-state index is 13.1. The van der Waals surface area contributed by atoms with Crippen molar-refractivity contribution in [1.82, 2.24) is 4.72 Å². The van der Waals surface area contributed by atoms with Crippen molar-refractivity contribution in [2.45, 2.75) is 24.3 Å². The van der Waals surface area contributed by atoms with E-state index in [-0.39, 0.29) is 10.6 Å². The molecule has 0 saturated carbocycles. The zero-order valence-electron chi connectivity index (χ0n) is 15.7. The summed E-state index contributed by atoms with van der Waals surface area (Å²) in [5.74, 6) is 1.91. The Morgan fingerprint density at radius 3 is 2.33 bits per heavy atom. The lowest BCUT2D eigenvalue weighted by atomic mass is 9.95. The van der Waals surface area contributed by atoms with E-state index in [2.05, 4.69) is 4.72 Å². The Hall–Kier alpha value is -2.45. The van der Waals surface area contributed by atoms with Crippen molar-refractivity contribution in [1.29, 1.82) is 0 Å². The molecular formula is C19H23NO6S. The summed E-state index contributed by atoms with van der Waals surface area (Å²) in [5.41, 5.74) is -0.153. The van der Waals surface area contributed by atoms with E-state index in [1.807, 2.05) is 6.07 Å². The first-order valence-corrected chi connectivity index (χ1v) is 9.91. The van der Waals surface area contributed by atoms with Gasteiger partial charge in [0.15, 0.2) is 11.5 Å². The number of methoxy groups -OCH3 is 2. The molecule has 0 unspecified atom stereocenters. The number of rotatable bonds is 6. The lowest BCUT2D eigenvalue weighted by molar-refractivity contribution is 0.171. The lowest BCUT2D eigenvalue weighted by Gasteiger charge is -2.28. The van der Waals surface area contributed by atoms with E-state index in [4.69, 9.17) is 18.9 Å². The largest absolute Gasteiger partial charge is 0.497 e. The molecule has 8 heteroatoms. The molecule has 1 N–H and O–H groups in total. The van der Waals surface area contributed by atoms with Gasteiger partial charge in [-0.1, -0.05) is 6.07 Å². The zero-order chi connectivity index (χ0) is 19.7. The van der Waals surface area contributed by atoms with Gasteiger partial charge in [0.05, 0.1) is 19.8 Å². The van der Waals surface area contributed by atoms with Crippen molar-refractivity contribution in [2.24, 2.45) is 0 Å². The average Bonchev–Trinajstić information content (AvgIpc) is 2.66. The Morgan fingerprint density at radius 1 is 0.963 bits per heavy atom. The molecule has 1 heterocycles. The molecule has 1 aliphatic rings. The van der Waals surface area contributed by atoms with Crippen LogP contribution in [-0.2, 0) is 15.6 Å². The molecule has 0 aliphatic carbocycles. The molecule has 0 radical (unpaired) electrons. The molecule has 0 bridgehead atoms. The van der Waals surface area contributed by atoms with Gasteiger partial charge in [0.25, 0.3) is 0 Å². The molecule has 1 aliphatic heterocycles. The van der Waals surface area contributed by atoms with Crippen LogP contribution in [0.5, 0.6) is 23.0 Å². The summed E-state index contributed by atoms with van der Waals surface area (Å²) < 4.78 is 50.3. The van der Waals surface area contributed by atoms with Crippen molar-refractivity contribution < 1.29 is 27.4 Å². The number of hydrogen-bond donors (Lipinski definition) is 1. The van der Waals surface area contributed by atoms with Gasteiger partial charge in [0.2, 0.25) is 10.0 Å². The van der Waals surface area contributed by atoms with Gasteiger partial charge in [0, 0.05) is 6.07 Å². The fourth-order valence-electron chi connectivity index (χ4n) is 2.88. The molecule has 146 valence electrons. The van der Waals surface area contributed by atoms with E-state index < -0.39 is 15.6 Å². The van der Waals surface area contributed by atoms with Gasteiger partial charge in [-0.25, -0.2) is 13.1 Å². The molecule has 0 amide bonds. The Balaban J connectivity index is 1.95. The third-order valence-electron chi connectivity index (χ3n) is 4.31. The topological polar surface area (TPSA) is 83.1 Å². The molecule has 0 fully saturated rings. The third kappa shape index (κ3) is 3.96.